The first-order chi connectivity index (χ1) is 24.8. The second kappa shape index (κ2) is 15.3. The van der Waals surface area contributed by atoms with Crippen molar-refractivity contribution < 1.29 is 73.7 Å². The number of carbonyl (C=O) groups is 1. The third-order valence-electron chi connectivity index (χ3n) is 8.60. The number of hydrogen-bond acceptors (Lipinski definition) is 16. The molecule has 0 amide bonds. The Labute approximate surface area is 294 Å². The molecule has 10 unspecified atom stereocenters. The zero-order valence-electron chi connectivity index (χ0n) is 27.3. The van der Waals surface area contributed by atoms with Crippen LogP contribution >= 0.6 is 0 Å². The molecule has 0 saturated carbocycles. The van der Waals surface area contributed by atoms with Gasteiger partial charge in [0, 0.05) is 23.8 Å². The van der Waals surface area contributed by atoms with Gasteiger partial charge in [0.05, 0.1) is 18.3 Å². The van der Waals surface area contributed by atoms with E-state index in [0.29, 0.717) is 11.1 Å². The van der Waals surface area contributed by atoms with Crippen molar-refractivity contribution in [2.24, 2.45) is 0 Å². The van der Waals surface area contributed by atoms with Gasteiger partial charge in [-0.25, -0.2) is 4.79 Å². The molecule has 2 aromatic rings. The van der Waals surface area contributed by atoms with Gasteiger partial charge in [-0.1, -0.05) is 12.1 Å². The lowest BCUT2D eigenvalue weighted by Gasteiger charge is -2.43. The van der Waals surface area contributed by atoms with Crippen molar-refractivity contribution in [3.8, 4) is 45.6 Å². The molecule has 6 rings (SSSR count). The van der Waals surface area contributed by atoms with Crippen molar-refractivity contribution >= 4 is 12.0 Å². The Bertz CT molecular complexity index is 1910. The van der Waals surface area contributed by atoms with E-state index in [1.807, 2.05) is 0 Å². The summed E-state index contributed by atoms with van der Waals surface area (Å²) in [7, 11) is 0. The molecule has 4 aliphatic rings. The number of benzene rings is 3. The molecule has 52 heavy (non-hydrogen) atoms. The maximum atomic E-state index is 12.4. The SMILES string of the molecule is CC1OC(OCC2OC(Oc3cc4c(O)cc(=O)cc-4oc3-c3ccc(O)cc3)C(O)C(O)C2O)C(O)C(O)C1OC(=O)C=Cc1ccc(O)cc1. The Morgan fingerprint density at radius 1 is 0.788 bits per heavy atom. The highest BCUT2D eigenvalue weighted by Gasteiger charge is 2.48. The van der Waals surface area contributed by atoms with E-state index >= 15 is 0 Å². The van der Waals surface area contributed by atoms with E-state index in [-0.39, 0.29) is 34.3 Å². The predicted octanol–water partition coefficient (Wildman–Crippen LogP) is 0.823. The first kappa shape index (κ1) is 36.7. The standard InChI is InChI=1S/C36H36O16/c1-16-33(52-27(41)11-4-17-2-7-19(37)8-3-17)30(44)32(46)35(48-16)47-15-26-28(42)29(43)31(45)36(51-26)50-25-14-22-23(40)12-21(39)13-24(22)49-34(25)18-5-9-20(38)10-6-18/h2-14,16,26,28-33,35-38,40,42-46H,15H2,1H3. The van der Waals surface area contributed by atoms with E-state index in [0.717, 1.165) is 18.2 Å². The molecule has 0 bridgehead atoms. The average Bonchev–Trinajstić information content (AvgIpc) is 3.11. The number of carbonyl (C=O) groups excluding carboxylic acids is 1. The lowest BCUT2D eigenvalue weighted by atomic mass is 9.98. The third kappa shape index (κ3) is 7.89. The van der Waals surface area contributed by atoms with Crippen LogP contribution in [0.2, 0.25) is 0 Å². The smallest absolute Gasteiger partial charge is 0.331 e. The minimum atomic E-state index is -1.83. The molecule has 2 saturated heterocycles. The summed E-state index contributed by atoms with van der Waals surface area (Å²) in [6.45, 7) is 0.908. The molecule has 0 radical (unpaired) electrons. The second-order valence-corrected chi connectivity index (χ2v) is 12.3. The number of esters is 1. The molecular formula is C36H36O16. The summed E-state index contributed by atoms with van der Waals surface area (Å²) in [6.07, 6.45) is -13.2. The van der Waals surface area contributed by atoms with Crippen LogP contribution < -0.4 is 10.2 Å². The minimum Gasteiger partial charge on any atom is -0.508 e. The van der Waals surface area contributed by atoms with Crippen LogP contribution in [-0.4, -0.2) is 115 Å². The van der Waals surface area contributed by atoms with Gasteiger partial charge in [-0.15, -0.1) is 0 Å². The van der Waals surface area contributed by atoms with Crippen LogP contribution in [0.25, 0.3) is 28.7 Å². The third-order valence-corrected chi connectivity index (χ3v) is 8.60. The Kier molecular flexibility index (Phi) is 10.8. The Morgan fingerprint density at radius 2 is 1.44 bits per heavy atom. The maximum absolute atomic E-state index is 12.4. The molecule has 0 aromatic heterocycles. The maximum Gasteiger partial charge on any atom is 0.331 e. The molecule has 2 aromatic carbocycles. The van der Waals surface area contributed by atoms with Crippen molar-refractivity contribution in [2.45, 2.75) is 68.3 Å². The lowest BCUT2D eigenvalue weighted by molar-refractivity contribution is -0.319. The van der Waals surface area contributed by atoms with E-state index < -0.39 is 85.2 Å². The van der Waals surface area contributed by atoms with Gasteiger partial charge < -0.3 is 69.0 Å². The molecule has 2 fully saturated rings. The molecule has 16 heteroatoms. The minimum absolute atomic E-state index is 0.00252. The lowest BCUT2D eigenvalue weighted by Crippen LogP contribution is -2.62. The van der Waals surface area contributed by atoms with Crippen LogP contribution in [0.4, 0.5) is 0 Å². The van der Waals surface area contributed by atoms with E-state index in [2.05, 4.69) is 0 Å². The first-order valence-corrected chi connectivity index (χ1v) is 16.1. The van der Waals surface area contributed by atoms with Gasteiger partial charge in [0.2, 0.25) is 6.29 Å². The number of hydrogen-bond donors (Lipinski definition) is 8. The predicted molar refractivity (Wildman–Crippen MR) is 177 cm³/mol. The Balaban J connectivity index is 1.14. The fourth-order valence-corrected chi connectivity index (χ4v) is 5.77. The largest absolute Gasteiger partial charge is 0.508 e. The highest BCUT2D eigenvalue weighted by Crippen LogP contribution is 2.42. The van der Waals surface area contributed by atoms with Crippen LogP contribution in [0.1, 0.15) is 12.5 Å². The number of rotatable bonds is 9. The zero-order chi connectivity index (χ0) is 37.3. The Morgan fingerprint density at radius 3 is 2.13 bits per heavy atom. The number of phenolic OH excluding ortho intramolecular Hbond substituents is 3. The second-order valence-electron chi connectivity index (χ2n) is 12.3. The summed E-state index contributed by atoms with van der Waals surface area (Å²) in [5.41, 5.74) is 0.480. The molecule has 16 nitrogen and oxygen atoms in total. The molecule has 3 heterocycles. The van der Waals surface area contributed by atoms with E-state index in [1.54, 1.807) is 12.1 Å². The number of aliphatic hydroxyl groups excluding tert-OH is 5. The van der Waals surface area contributed by atoms with Gasteiger partial charge in [-0.05, 0) is 61.0 Å². The normalized spacial score (nSPS) is 29.3. The summed E-state index contributed by atoms with van der Waals surface area (Å²) in [5, 5.41) is 83.5. The highest BCUT2D eigenvalue weighted by atomic mass is 16.7. The van der Waals surface area contributed by atoms with Gasteiger partial charge in [-0.2, -0.15) is 0 Å². The van der Waals surface area contributed by atoms with Crippen molar-refractivity contribution in [1.29, 1.82) is 0 Å². The van der Waals surface area contributed by atoms with E-state index in [4.69, 9.17) is 28.1 Å². The van der Waals surface area contributed by atoms with Crippen molar-refractivity contribution in [1.82, 2.24) is 0 Å². The number of aromatic hydroxyl groups is 3. The molecule has 3 aliphatic heterocycles. The van der Waals surface area contributed by atoms with Crippen LogP contribution in [0.5, 0.6) is 23.0 Å². The molecule has 276 valence electrons. The van der Waals surface area contributed by atoms with Crippen LogP contribution in [0.3, 0.4) is 0 Å². The van der Waals surface area contributed by atoms with Gasteiger partial charge >= 0.3 is 5.97 Å². The average molecular weight is 725 g/mol. The summed E-state index contributed by atoms with van der Waals surface area (Å²) >= 11 is 0. The van der Waals surface area contributed by atoms with Crippen molar-refractivity contribution in [2.75, 3.05) is 6.61 Å². The molecule has 8 N–H and O–H groups in total. The monoisotopic (exact) mass is 724 g/mol. The molecule has 0 spiro atoms. The van der Waals surface area contributed by atoms with Crippen LogP contribution in [0, 0.1) is 0 Å². The van der Waals surface area contributed by atoms with Gasteiger partial charge in [0.25, 0.3) is 0 Å². The summed E-state index contributed by atoms with van der Waals surface area (Å²) in [4.78, 5) is 24.5. The summed E-state index contributed by atoms with van der Waals surface area (Å²) in [5.74, 6) is -1.40. The number of aliphatic hydroxyl groups is 5. The van der Waals surface area contributed by atoms with Gasteiger partial charge in [0.15, 0.2) is 29.3 Å². The topological polar surface area (TPSA) is 255 Å². The number of phenols is 3. The van der Waals surface area contributed by atoms with Crippen LogP contribution in [0.15, 0.2) is 82.0 Å². The number of ether oxygens (including phenoxy) is 5. The molecule has 1 aliphatic carbocycles. The fourth-order valence-electron chi connectivity index (χ4n) is 5.77. The molecule has 10 atom stereocenters. The summed E-state index contributed by atoms with van der Waals surface area (Å²) in [6, 6.07) is 15.1. The number of fused-ring (bicyclic) bond motifs is 1. The quantitative estimate of drug-likeness (QED) is 0.0878. The van der Waals surface area contributed by atoms with Gasteiger partial charge in [0.1, 0.15) is 59.6 Å². The zero-order valence-corrected chi connectivity index (χ0v) is 27.3. The first-order valence-electron chi connectivity index (χ1n) is 16.1. The molecular weight excluding hydrogens is 688 g/mol. The Hall–Kier alpha value is -5.04. The summed E-state index contributed by atoms with van der Waals surface area (Å²) < 4.78 is 34.3. The van der Waals surface area contributed by atoms with E-state index in [1.165, 1.54) is 55.5 Å². The fraction of sp³-hybridized carbons (Fsp3) is 0.333. The van der Waals surface area contributed by atoms with E-state index in [9.17, 15) is 50.4 Å². The van der Waals surface area contributed by atoms with Crippen molar-refractivity contribution in [3.05, 3.63) is 88.6 Å². The van der Waals surface area contributed by atoms with Crippen molar-refractivity contribution in [3.63, 3.8) is 0 Å². The van der Waals surface area contributed by atoms with Crippen LogP contribution in [-0.2, 0) is 23.7 Å². The van der Waals surface area contributed by atoms with Gasteiger partial charge in [-0.3, -0.25) is 4.79 Å². The highest BCUT2D eigenvalue weighted by molar-refractivity contribution is 5.87.